The number of carbonyl (C=O) groups excluding carboxylic acids is 1. The van der Waals surface area contributed by atoms with Gasteiger partial charge in [-0.2, -0.15) is 0 Å². The van der Waals surface area contributed by atoms with Gasteiger partial charge in [0.05, 0.1) is 0 Å². The summed E-state index contributed by atoms with van der Waals surface area (Å²) in [5, 5.41) is 2.89. The van der Waals surface area contributed by atoms with Gasteiger partial charge in [0.1, 0.15) is 0 Å². The van der Waals surface area contributed by atoms with Crippen LogP contribution in [0.4, 0.5) is 0 Å². The molecule has 100 valence electrons. The zero-order chi connectivity index (χ0) is 12.8. The Balaban J connectivity index is -0.000000616. The van der Waals surface area contributed by atoms with E-state index in [1.54, 1.807) is 0 Å². The number of nitrogens with one attached hydrogen (secondary N) is 1. The lowest BCUT2D eigenvalue weighted by Gasteiger charge is -2.05. The summed E-state index contributed by atoms with van der Waals surface area (Å²) in [7, 11) is 0. The Kier molecular flexibility index (Phi) is 16.1. The zero-order valence-corrected chi connectivity index (χ0v) is 11.9. The van der Waals surface area contributed by atoms with Gasteiger partial charge in [0.15, 0.2) is 0 Å². The average molecular weight is 231 g/mol. The van der Waals surface area contributed by atoms with Gasteiger partial charge in [-0.05, 0) is 18.8 Å². The van der Waals surface area contributed by atoms with Crippen LogP contribution in [0.2, 0.25) is 0 Å². The molecule has 0 aliphatic carbocycles. The molecule has 0 aromatic heterocycles. The number of carbonyl (C=O) groups is 1. The third kappa shape index (κ3) is 15.9. The van der Waals surface area contributed by atoms with Crippen molar-refractivity contribution >= 4 is 5.91 Å². The molecule has 0 aliphatic heterocycles. The smallest absolute Gasteiger partial charge is 0.219 e. The highest BCUT2D eigenvalue weighted by Crippen LogP contribution is 2.09. The molecule has 0 radical (unpaired) electrons. The van der Waals surface area contributed by atoms with Crippen LogP contribution in [0.25, 0.3) is 0 Å². The highest BCUT2D eigenvalue weighted by Gasteiger charge is 1.99. The van der Waals surface area contributed by atoms with Gasteiger partial charge in [-0.25, -0.2) is 0 Å². The van der Waals surface area contributed by atoms with Crippen molar-refractivity contribution in [2.75, 3.05) is 6.54 Å². The van der Waals surface area contributed by atoms with Gasteiger partial charge >= 0.3 is 0 Å². The summed E-state index contributed by atoms with van der Waals surface area (Å²) in [6, 6.07) is 0. The van der Waals surface area contributed by atoms with Crippen LogP contribution in [0.3, 0.4) is 0 Å². The van der Waals surface area contributed by atoms with Crippen LogP contribution < -0.4 is 5.32 Å². The minimum Gasteiger partial charge on any atom is -0.356 e. The predicted octanol–water partition coefficient (Wildman–Crippen LogP) is 4.39. The van der Waals surface area contributed by atoms with Gasteiger partial charge in [0.2, 0.25) is 5.91 Å². The number of hydrogen-bond donors (Lipinski definition) is 1. The zero-order valence-electron chi connectivity index (χ0n) is 11.9. The molecule has 2 nitrogen and oxygen atoms in total. The molecule has 0 fully saturated rings. The second-order valence-electron chi connectivity index (χ2n) is 4.34. The van der Waals surface area contributed by atoms with Crippen molar-refractivity contribution in [3.05, 3.63) is 0 Å². The van der Waals surface area contributed by atoms with Crippen LogP contribution in [0.1, 0.15) is 74.6 Å². The minimum atomic E-state index is 0. The van der Waals surface area contributed by atoms with E-state index in [9.17, 15) is 4.79 Å². The largest absolute Gasteiger partial charge is 0.356 e. The van der Waals surface area contributed by atoms with Gasteiger partial charge in [-0.15, -0.1) is 0 Å². The fraction of sp³-hybridized carbons (Fsp3) is 0.929. The summed E-state index contributed by atoms with van der Waals surface area (Å²) in [6.45, 7) is 11.4. The molecule has 0 aromatic carbocycles. The third-order valence-electron chi connectivity index (χ3n) is 2.26. The SMILES string of the molecule is CC.CCCNC(=O)CCCCCC(C)C.[HH]. The van der Waals surface area contributed by atoms with E-state index in [0.717, 1.165) is 25.3 Å². The van der Waals surface area contributed by atoms with Crippen LogP contribution >= 0.6 is 0 Å². The topological polar surface area (TPSA) is 29.1 Å². The summed E-state index contributed by atoms with van der Waals surface area (Å²) in [5.74, 6) is 1.01. The van der Waals surface area contributed by atoms with Crippen LogP contribution in [0.5, 0.6) is 0 Å². The van der Waals surface area contributed by atoms with Crippen molar-refractivity contribution < 1.29 is 6.22 Å². The summed E-state index contributed by atoms with van der Waals surface area (Å²) in [6.07, 6.45) is 6.52. The maximum atomic E-state index is 11.2. The first-order valence-corrected chi connectivity index (χ1v) is 6.93. The van der Waals surface area contributed by atoms with E-state index in [1.165, 1.54) is 19.3 Å². The van der Waals surface area contributed by atoms with Crippen molar-refractivity contribution in [2.24, 2.45) is 5.92 Å². The molecule has 0 aliphatic rings. The Morgan fingerprint density at radius 2 is 1.81 bits per heavy atom. The monoisotopic (exact) mass is 231 g/mol. The van der Waals surface area contributed by atoms with Crippen LogP contribution in [0.15, 0.2) is 0 Å². The van der Waals surface area contributed by atoms with E-state index in [2.05, 4.69) is 26.1 Å². The molecule has 0 spiro atoms. The van der Waals surface area contributed by atoms with Crippen molar-refractivity contribution in [3.8, 4) is 0 Å². The molecule has 0 atom stereocenters. The van der Waals surface area contributed by atoms with E-state index in [-0.39, 0.29) is 7.33 Å². The van der Waals surface area contributed by atoms with E-state index < -0.39 is 0 Å². The van der Waals surface area contributed by atoms with E-state index in [1.807, 2.05) is 13.8 Å². The van der Waals surface area contributed by atoms with Gasteiger partial charge in [-0.3, -0.25) is 4.79 Å². The average Bonchev–Trinajstić information content (AvgIpc) is 2.28. The Hall–Kier alpha value is -0.530. The molecule has 0 aromatic rings. The minimum absolute atomic E-state index is 0. The Morgan fingerprint density at radius 1 is 1.19 bits per heavy atom. The fourth-order valence-electron chi connectivity index (χ4n) is 1.37. The van der Waals surface area contributed by atoms with Crippen molar-refractivity contribution in [1.82, 2.24) is 5.32 Å². The third-order valence-corrected chi connectivity index (χ3v) is 2.26. The van der Waals surface area contributed by atoms with Crippen LogP contribution in [-0.2, 0) is 4.79 Å². The summed E-state index contributed by atoms with van der Waals surface area (Å²) in [4.78, 5) is 11.2. The van der Waals surface area contributed by atoms with Gasteiger partial charge < -0.3 is 5.32 Å². The molecule has 0 rings (SSSR count). The fourth-order valence-corrected chi connectivity index (χ4v) is 1.37. The standard InChI is InChI=1S/C12H25NO.C2H6.H2/c1-4-10-13-12(14)9-7-5-6-8-11(2)3;1-2;/h11H,4-10H2,1-3H3,(H,13,14);1-2H3;1H. The quantitative estimate of drug-likeness (QED) is 0.617. The first-order chi connectivity index (χ1) is 7.66. The molecule has 0 saturated carbocycles. The van der Waals surface area contributed by atoms with Crippen LogP contribution in [-0.4, -0.2) is 12.5 Å². The number of hydrogen-bond acceptors (Lipinski definition) is 1. The second kappa shape index (κ2) is 14.5. The summed E-state index contributed by atoms with van der Waals surface area (Å²) < 4.78 is 0. The first-order valence-electron chi connectivity index (χ1n) is 6.93. The molecule has 1 amide bonds. The summed E-state index contributed by atoms with van der Waals surface area (Å²) >= 11 is 0. The molecule has 0 saturated heterocycles. The Labute approximate surface area is 104 Å². The van der Waals surface area contributed by atoms with E-state index in [0.29, 0.717) is 6.42 Å². The van der Waals surface area contributed by atoms with E-state index in [4.69, 9.17) is 0 Å². The van der Waals surface area contributed by atoms with Gasteiger partial charge in [0.25, 0.3) is 0 Å². The number of unbranched alkanes of at least 4 members (excludes halogenated alkanes) is 2. The molecule has 0 bridgehead atoms. The van der Waals surface area contributed by atoms with Gasteiger partial charge in [0, 0.05) is 14.4 Å². The van der Waals surface area contributed by atoms with Crippen molar-refractivity contribution in [3.63, 3.8) is 0 Å². The van der Waals surface area contributed by atoms with Gasteiger partial charge in [-0.1, -0.05) is 53.9 Å². The highest BCUT2D eigenvalue weighted by molar-refractivity contribution is 5.75. The lowest BCUT2D eigenvalue weighted by Crippen LogP contribution is -2.23. The van der Waals surface area contributed by atoms with E-state index >= 15 is 0 Å². The molecule has 2 heteroatoms. The summed E-state index contributed by atoms with van der Waals surface area (Å²) in [5.41, 5.74) is 0. The normalized spacial score (nSPS) is 9.62. The van der Waals surface area contributed by atoms with Crippen molar-refractivity contribution in [1.29, 1.82) is 0 Å². The maximum absolute atomic E-state index is 11.2. The maximum Gasteiger partial charge on any atom is 0.219 e. The molecule has 1 N–H and O–H groups in total. The highest BCUT2D eigenvalue weighted by atomic mass is 16.1. The van der Waals surface area contributed by atoms with Crippen molar-refractivity contribution in [2.45, 2.75) is 73.1 Å². The molecule has 0 heterocycles. The lowest BCUT2D eigenvalue weighted by molar-refractivity contribution is -0.121. The second-order valence-corrected chi connectivity index (χ2v) is 4.34. The van der Waals surface area contributed by atoms with Crippen LogP contribution in [0, 0.1) is 5.92 Å². The first kappa shape index (κ1) is 17.9. The predicted molar refractivity (Wildman–Crippen MR) is 74.7 cm³/mol. The number of rotatable bonds is 8. The molecular formula is C14H33NO. The lowest BCUT2D eigenvalue weighted by atomic mass is 10.0. The number of amides is 1. The molecular weight excluding hydrogens is 198 g/mol. The Morgan fingerprint density at radius 3 is 2.31 bits per heavy atom. The molecule has 0 unspecified atom stereocenters. The molecule has 16 heavy (non-hydrogen) atoms. The Bertz CT molecular complexity index is 149.